The number of anilines is 4. The lowest BCUT2D eigenvalue weighted by atomic mass is 10.1. The number of pyridine rings is 4. The Morgan fingerprint density at radius 2 is 1.14 bits per heavy atom. The third kappa shape index (κ3) is 9.28. The Bertz CT molecular complexity index is 2830. The van der Waals surface area contributed by atoms with Crippen LogP contribution in [0.3, 0.4) is 0 Å². The van der Waals surface area contributed by atoms with Crippen LogP contribution in [0.2, 0.25) is 0 Å². The monoisotopic (exact) mass is 876 g/mol. The predicted molar refractivity (Wildman–Crippen MR) is 241 cm³/mol. The number of aromatic nitrogens is 8. The molecule has 5 N–H and O–H groups in total. The molecule has 6 heterocycles. The predicted octanol–water partition coefficient (Wildman–Crippen LogP) is 5.88. The first kappa shape index (κ1) is 41.5. The largest absolute Gasteiger partial charge is 0.478 e. The third-order valence-electron chi connectivity index (χ3n) is 12.9. The average molecular weight is 877 g/mol. The molecule has 4 aliphatic rings. The normalized spacial score (nSPS) is 22.2. The Labute approximate surface area is 373 Å². The molecule has 0 bridgehead atoms. The van der Waals surface area contributed by atoms with Gasteiger partial charge in [-0.25, -0.2) is 39.5 Å². The minimum Gasteiger partial charge on any atom is -0.478 e. The fourth-order valence-corrected chi connectivity index (χ4v) is 9.16. The van der Waals surface area contributed by atoms with E-state index >= 15 is 0 Å². The van der Waals surface area contributed by atoms with Crippen LogP contribution < -0.4 is 32.4 Å². The van der Waals surface area contributed by atoms with Crippen molar-refractivity contribution >= 4 is 35.5 Å². The Balaban J connectivity index is 0.739. The second kappa shape index (κ2) is 17.6. The Morgan fingerprint density at radius 1 is 0.600 bits per heavy atom. The molecule has 0 aliphatic heterocycles. The van der Waals surface area contributed by atoms with Crippen LogP contribution in [0, 0.1) is 0 Å². The zero-order chi connectivity index (χ0) is 44.6. The second-order valence-electron chi connectivity index (χ2n) is 17.5. The molecule has 18 nitrogen and oxygen atoms in total. The van der Waals surface area contributed by atoms with E-state index in [9.17, 15) is 24.3 Å². The minimum atomic E-state index is -1.12. The number of carboxylic acid groups (broad SMARTS) is 1. The van der Waals surface area contributed by atoms with Crippen molar-refractivity contribution in [3.63, 3.8) is 0 Å². The summed E-state index contributed by atoms with van der Waals surface area (Å²) in [5, 5.41) is 23.2. The summed E-state index contributed by atoms with van der Waals surface area (Å²) in [6.45, 7) is 0. The third-order valence-corrected chi connectivity index (χ3v) is 12.9. The van der Waals surface area contributed by atoms with Gasteiger partial charge in [0.15, 0.2) is 0 Å². The number of aromatic carboxylic acids is 1. The number of hydrogen-bond acceptors (Lipinski definition) is 15. The highest BCUT2D eigenvalue weighted by Crippen LogP contribution is 2.53. The first-order chi connectivity index (χ1) is 31.6. The molecular formula is C47H48N12O6. The van der Waals surface area contributed by atoms with E-state index in [2.05, 4.69) is 51.2 Å². The molecule has 4 fully saturated rings. The fourth-order valence-electron chi connectivity index (χ4n) is 9.16. The maximum absolute atomic E-state index is 14.1. The molecule has 4 saturated carbocycles. The number of nitrogens with one attached hydrogen (secondary N) is 4. The van der Waals surface area contributed by atoms with Crippen LogP contribution in [0.15, 0.2) is 102 Å². The van der Waals surface area contributed by atoms with Gasteiger partial charge in [0.2, 0.25) is 11.9 Å². The minimum absolute atomic E-state index is 0.00844. The van der Waals surface area contributed by atoms with Crippen molar-refractivity contribution in [2.45, 2.75) is 99.7 Å². The zero-order valence-electron chi connectivity index (χ0n) is 35.6. The number of carboxylic acids is 1. The second-order valence-corrected chi connectivity index (χ2v) is 17.5. The highest BCUT2D eigenvalue weighted by atomic mass is 16.5. The van der Waals surface area contributed by atoms with Crippen molar-refractivity contribution in [3.8, 4) is 11.4 Å². The van der Waals surface area contributed by atoms with Crippen LogP contribution in [0.5, 0.6) is 0 Å². The summed E-state index contributed by atoms with van der Waals surface area (Å²) in [4.78, 5) is 78.1. The topological polar surface area (TPSA) is 233 Å². The molecule has 6 atom stereocenters. The number of carbonyl (C=O) groups is 2. The van der Waals surface area contributed by atoms with E-state index < -0.39 is 11.9 Å². The van der Waals surface area contributed by atoms with Gasteiger partial charge in [-0.15, -0.1) is 0 Å². The molecule has 10 rings (SSSR count). The van der Waals surface area contributed by atoms with E-state index in [1.807, 2.05) is 24.5 Å². The maximum Gasteiger partial charge on any atom is 0.339 e. The van der Waals surface area contributed by atoms with E-state index in [1.54, 1.807) is 36.8 Å². The summed E-state index contributed by atoms with van der Waals surface area (Å²) in [5.74, 6) is 1.39. The van der Waals surface area contributed by atoms with Gasteiger partial charge in [0, 0.05) is 73.0 Å². The van der Waals surface area contributed by atoms with Crippen LogP contribution in [0.4, 0.5) is 23.5 Å². The Kier molecular flexibility index (Phi) is 11.2. The van der Waals surface area contributed by atoms with Crippen molar-refractivity contribution in [2.24, 2.45) is 0 Å². The highest BCUT2D eigenvalue weighted by Gasteiger charge is 2.42. The van der Waals surface area contributed by atoms with E-state index in [4.69, 9.17) is 4.74 Å². The first-order valence-corrected chi connectivity index (χ1v) is 22.1. The van der Waals surface area contributed by atoms with E-state index in [-0.39, 0.29) is 58.2 Å². The number of ether oxygens (including phenoxy) is 1. The number of methoxy groups -OCH3 is 1. The van der Waals surface area contributed by atoms with Gasteiger partial charge in [-0.2, -0.15) is 0 Å². The van der Waals surface area contributed by atoms with Gasteiger partial charge in [-0.3, -0.25) is 18.7 Å². The maximum atomic E-state index is 14.1. The molecular weight excluding hydrogens is 829 g/mol. The molecule has 0 amide bonds. The lowest BCUT2D eigenvalue weighted by Crippen LogP contribution is -2.24. The Morgan fingerprint density at radius 3 is 1.66 bits per heavy atom. The smallest absolute Gasteiger partial charge is 0.339 e. The molecule has 18 heteroatoms. The van der Waals surface area contributed by atoms with Crippen molar-refractivity contribution in [3.05, 3.63) is 141 Å². The molecule has 6 aromatic rings. The van der Waals surface area contributed by atoms with E-state index in [1.165, 1.54) is 65.4 Å². The van der Waals surface area contributed by atoms with Crippen LogP contribution in [0.1, 0.15) is 113 Å². The SMILES string of the molecule is COC(=O)c1cc(C2CC2c2cnc(N[C@H]3CC[C@H](Nc4ccc(-n5cc(C(=O)O)ccc5=O)cn4)C3)nc2)c(=O)n(-c2ccc(N[C@H]3CC[C@H](Nc4ncc(C5CC5)cn4)C3)nc2)c1. The number of hydrogen-bond donors (Lipinski definition) is 5. The van der Waals surface area contributed by atoms with Crippen molar-refractivity contribution in [2.75, 3.05) is 28.4 Å². The summed E-state index contributed by atoms with van der Waals surface area (Å²) < 4.78 is 7.81. The summed E-state index contributed by atoms with van der Waals surface area (Å²) in [5.41, 5.74) is 3.37. The summed E-state index contributed by atoms with van der Waals surface area (Å²) in [6.07, 6.45) is 22.1. The first-order valence-electron chi connectivity index (χ1n) is 22.1. The zero-order valence-corrected chi connectivity index (χ0v) is 35.6. The van der Waals surface area contributed by atoms with Gasteiger partial charge < -0.3 is 31.1 Å². The molecule has 65 heavy (non-hydrogen) atoms. The van der Waals surface area contributed by atoms with Gasteiger partial charge in [0.05, 0.1) is 42.0 Å². The van der Waals surface area contributed by atoms with Crippen LogP contribution in [0.25, 0.3) is 11.4 Å². The molecule has 0 radical (unpaired) electrons. The van der Waals surface area contributed by atoms with Gasteiger partial charge in [-0.05, 0) is 123 Å². The van der Waals surface area contributed by atoms with E-state index in [0.29, 0.717) is 52.8 Å². The molecule has 0 aromatic carbocycles. The van der Waals surface area contributed by atoms with Crippen LogP contribution >= 0.6 is 0 Å². The molecule has 0 saturated heterocycles. The lowest BCUT2D eigenvalue weighted by molar-refractivity contribution is 0.0598. The van der Waals surface area contributed by atoms with Gasteiger partial charge >= 0.3 is 11.9 Å². The van der Waals surface area contributed by atoms with Gasteiger partial charge in [0.25, 0.3) is 11.1 Å². The van der Waals surface area contributed by atoms with Gasteiger partial charge in [0.1, 0.15) is 11.6 Å². The average Bonchev–Trinajstić information content (AvgIpc) is 4.24. The van der Waals surface area contributed by atoms with Crippen molar-refractivity contribution < 1.29 is 19.4 Å². The lowest BCUT2D eigenvalue weighted by Gasteiger charge is -2.16. The van der Waals surface area contributed by atoms with Gasteiger partial charge in [-0.1, -0.05) is 0 Å². The Hall–Kier alpha value is -7.50. The molecule has 4 aliphatic carbocycles. The summed E-state index contributed by atoms with van der Waals surface area (Å²) >= 11 is 0. The molecule has 2 unspecified atom stereocenters. The van der Waals surface area contributed by atoms with Crippen molar-refractivity contribution in [1.82, 2.24) is 39.0 Å². The number of rotatable bonds is 15. The van der Waals surface area contributed by atoms with E-state index in [0.717, 1.165) is 44.1 Å². The van der Waals surface area contributed by atoms with Crippen molar-refractivity contribution in [1.29, 1.82) is 0 Å². The number of esters is 1. The quantitative estimate of drug-likeness (QED) is 0.0758. The number of nitrogens with zero attached hydrogens (tertiary/aromatic N) is 8. The molecule has 332 valence electrons. The molecule has 6 aromatic heterocycles. The standard InChI is InChI=1S/C47H48N12O6/c1-65-45(64)28-14-39(43(61)59(25-28)36-10-12-41(49-23-36)55-32-5-7-33(15-32)56-46-50-18-29(19-51-46)26-2-3-26)38-17-37(38)30-20-52-47(53-21-30)57-34-8-6-31(16-34)54-40-11-9-35(22-48-40)58-24-27(44(62)63)4-13-42(58)60/h4,9-14,18-26,31-34,37-38H,2-3,5-8,15-17H2,1H3,(H,48,54)(H,49,55)(H,62,63)(H,50,51,56)(H,52,53,57)/t31-,32-,33-,34-,37?,38?/m0/s1. The van der Waals surface area contributed by atoms with Crippen LogP contribution in [-0.4, -0.2) is 87.4 Å². The summed E-state index contributed by atoms with van der Waals surface area (Å²) in [6, 6.07) is 12.1. The highest BCUT2D eigenvalue weighted by molar-refractivity contribution is 5.89. The summed E-state index contributed by atoms with van der Waals surface area (Å²) in [7, 11) is 1.32. The van der Waals surface area contributed by atoms with Crippen LogP contribution in [-0.2, 0) is 4.74 Å². The fraction of sp³-hybridized carbons (Fsp3) is 0.362. The number of carbonyl (C=O) groups excluding carboxylic acids is 1. The molecule has 0 spiro atoms.